The van der Waals surface area contributed by atoms with E-state index in [9.17, 15) is 18.0 Å². The van der Waals surface area contributed by atoms with Gasteiger partial charge in [-0.25, -0.2) is 13.2 Å². The summed E-state index contributed by atoms with van der Waals surface area (Å²) in [5.41, 5.74) is 1.73. The summed E-state index contributed by atoms with van der Waals surface area (Å²) in [5.74, 6) is -0.835. The molecule has 178 valence electrons. The number of rotatable bonds is 6. The fourth-order valence-electron chi connectivity index (χ4n) is 3.66. The van der Waals surface area contributed by atoms with Gasteiger partial charge in [0.1, 0.15) is 0 Å². The molecule has 0 aromatic heterocycles. The highest BCUT2D eigenvalue weighted by atomic mass is 35.5. The van der Waals surface area contributed by atoms with Crippen LogP contribution in [-0.4, -0.2) is 43.8 Å². The van der Waals surface area contributed by atoms with Gasteiger partial charge in [0, 0.05) is 13.1 Å². The lowest BCUT2D eigenvalue weighted by Crippen LogP contribution is -2.38. The van der Waals surface area contributed by atoms with Crippen molar-refractivity contribution in [3.63, 3.8) is 0 Å². The number of carbonyl (C=O) groups is 2. The predicted octanol–water partition coefficient (Wildman–Crippen LogP) is 4.56. The number of nitrogens with zero attached hydrogens (tertiary/aromatic N) is 1. The minimum atomic E-state index is -3.75. The molecule has 7 nitrogen and oxygen atoms in total. The largest absolute Gasteiger partial charge is 0.449 e. The number of benzene rings is 2. The number of ether oxygens (including phenoxy) is 1. The maximum Gasteiger partial charge on any atom is 0.338 e. The van der Waals surface area contributed by atoms with Gasteiger partial charge in [-0.2, -0.15) is 4.31 Å². The van der Waals surface area contributed by atoms with Gasteiger partial charge in [-0.1, -0.05) is 30.7 Å². The van der Waals surface area contributed by atoms with E-state index in [1.54, 1.807) is 44.2 Å². The molecule has 1 atom stereocenters. The third kappa shape index (κ3) is 5.75. The number of amides is 1. The Balaban J connectivity index is 1.79. The molecular formula is C24H29ClN2O5S. The second-order valence-corrected chi connectivity index (χ2v) is 10.8. The quantitative estimate of drug-likeness (QED) is 0.596. The molecule has 1 aliphatic heterocycles. The van der Waals surface area contributed by atoms with Crippen molar-refractivity contribution in [1.29, 1.82) is 0 Å². The predicted molar refractivity (Wildman–Crippen MR) is 128 cm³/mol. The number of carbonyl (C=O) groups excluding carboxylic acids is 2. The van der Waals surface area contributed by atoms with Gasteiger partial charge in [-0.05, 0) is 74.9 Å². The normalized spacial score (nSPS) is 16.3. The van der Waals surface area contributed by atoms with Crippen LogP contribution in [0.2, 0.25) is 5.02 Å². The molecule has 1 saturated heterocycles. The summed E-state index contributed by atoms with van der Waals surface area (Å²) in [4.78, 5) is 25.4. The first-order valence-electron chi connectivity index (χ1n) is 10.9. The van der Waals surface area contributed by atoms with Crippen molar-refractivity contribution in [2.75, 3.05) is 18.4 Å². The summed E-state index contributed by atoms with van der Waals surface area (Å²) in [7, 11) is -3.75. The van der Waals surface area contributed by atoms with Crippen LogP contribution < -0.4 is 5.32 Å². The van der Waals surface area contributed by atoms with Crippen LogP contribution in [0.4, 0.5) is 5.69 Å². The maximum atomic E-state index is 13.3. The van der Waals surface area contributed by atoms with Crippen LogP contribution >= 0.6 is 11.6 Å². The molecule has 1 N–H and O–H groups in total. The number of piperidine rings is 1. The van der Waals surface area contributed by atoms with Crippen molar-refractivity contribution in [2.45, 2.75) is 51.5 Å². The van der Waals surface area contributed by atoms with Gasteiger partial charge in [0.25, 0.3) is 5.91 Å². The second kappa shape index (κ2) is 10.2. The van der Waals surface area contributed by atoms with E-state index in [2.05, 4.69) is 12.2 Å². The topological polar surface area (TPSA) is 92.8 Å². The molecule has 3 rings (SSSR count). The number of nitrogens with one attached hydrogen (secondary N) is 1. The number of anilines is 1. The van der Waals surface area contributed by atoms with Crippen molar-refractivity contribution >= 4 is 39.2 Å². The molecule has 9 heteroatoms. The molecule has 0 radical (unpaired) electrons. The Kier molecular flexibility index (Phi) is 7.82. The van der Waals surface area contributed by atoms with E-state index in [-0.39, 0.29) is 10.5 Å². The zero-order valence-electron chi connectivity index (χ0n) is 19.2. The zero-order valence-corrected chi connectivity index (χ0v) is 20.8. The van der Waals surface area contributed by atoms with E-state index in [0.717, 1.165) is 12.8 Å². The van der Waals surface area contributed by atoms with Crippen LogP contribution in [0.5, 0.6) is 0 Å². The standard InChI is InChI=1S/C24H29ClN2O5S/c1-15-9-11-27(12-10-15)33(30,31)22-14-19(13-16(2)17(22)3)24(29)32-18(4)23(28)26-21-8-6-5-7-20(21)25/h5-8,13-15,18H,9-12H2,1-4H3,(H,26,28). The van der Waals surface area contributed by atoms with Crippen LogP contribution in [-0.2, 0) is 19.6 Å². The number of aryl methyl sites for hydroxylation is 1. The number of esters is 1. The third-order valence-corrected chi connectivity index (χ3v) is 8.36. The minimum absolute atomic E-state index is 0.0828. The van der Waals surface area contributed by atoms with Crippen LogP contribution in [0.3, 0.4) is 0 Å². The van der Waals surface area contributed by atoms with Gasteiger partial charge < -0.3 is 10.1 Å². The first kappa shape index (κ1) is 25.2. The molecular weight excluding hydrogens is 464 g/mol. The summed E-state index contributed by atoms with van der Waals surface area (Å²) < 4.78 is 33.4. The average molecular weight is 493 g/mol. The minimum Gasteiger partial charge on any atom is -0.449 e. The van der Waals surface area contributed by atoms with E-state index in [1.165, 1.54) is 17.3 Å². The van der Waals surface area contributed by atoms with Gasteiger partial charge in [0.2, 0.25) is 10.0 Å². The van der Waals surface area contributed by atoms with Gasteiger partial charge in [0.15, 0.2) is 6.10 Å². The number of para-hydroxylation sites is 1. The lowest BCUT2D eigenvalue weighted by atomic mass is 10.0. The van der Waals surface area contributed by atoms with Crippen molar-refractivity contribution in [1.82, 2.24) is 4.31 Å². The summed E-state index contributed by atoms with van der Waals surface area (Å²) in [6.45, 7) is 7.93. The molecule has 1 amide bonds. The SMILES string of the molecule is Cc1cc(C(=O)OC(C)C(=O)Nc2ccccc2Cl)cc(S(=O)(=O)N2CCC(C)CC2)c1C. The van der Waals surface area contributed by atoms with Crippen molar-refractivity contribution in [3.8, 4) is 0 Å². The van der Waals surface area contributed by atoms with Crippen LogP contribution in [0, 0.1) is 19.8 Å². The first-order chi connectivity index (χ1) is 15.5. The highest BCUT2D eigenvalue weighted by molar-refractivity contribution is 7.89. The lowest BCUT2D eigenvalue weighted by Gasteiger charge is -2.30. The van der Waals surface area contributed by atoms with Crippen molar-refractivity contribution in [3.05, 3.63) is 58.1 Å². The lowest BCUT2D eigenvalue weighted by molar-refractivity contribution is -0.123. The summed E-state index contributed by atoms with van der Waals surface area (Å²) in [6, 6.07) is 9.64. The number of halogens is 1. The highest BCUT2D eigenvalue weighted by Crippen LogP contribution is 2.28. The molecule has 0 spiro atoms. The zero-order chi connectivity index (χ0) is 24.3. The molecule has 0 saturated carbocycles. The Morgan fingerprint density at radius 1 is 1.15 bits per heavy atom. The molecule has 33 heavy (non-hydrogen) atoms. The molecule has 1 heterocycles. The molecule has 2 aromatic carbocycles. The van der Waals surface area contributed by atoms with Crippen molar-refractivity contribution < 1.29 is 22.7 Å². The van der Waals surface area contributed by atoms with Gasteiger partial charge in [-0.3, -0.25) is 4.79 Å². The van der Waals surface area contributed by atoms with Gasteiger partial charge in [-0.15, -0.1) is 0 Å². The highest BCUT2D eigenvalue weighted by Gasteiger charge is 2.31. The van der Waals surface area contributed by atoms with Gasteiger partial charge >= 0.3 is 5.97 Å². The molecule has 0 aliphatic carbocycles. The Labute approximate surface area is 200 Å². The average Bonchev–Trinajstić information content (AvgIpc) is 2.77. The smallest absolute Gasteiger partial charge is 0.338 e. The molecule has 0 bridgehead atoms. The number of hydrogen-bond acceptors (Lipinski definition) is 5. The summed E-state index contributed by atoms with van der Waals surface area (Å²) >= 11 is 6.06. The Morgan fingerprint density at radius 2 is 1.79 bits per heavy atom. The number of hydrogen-bond donors (Lipinski definition) is 1. The van der Waals surface area contributed by atoms with Crippen molar-refractivity contribution in [2.24, 2.45) is 5.92 Å². The summed E-state index contributed by atoms with van der Waals surface area (Å²) in [6.07, 6.45) is 0.493. The van der Waals surface area contributed by atoms with Gasteiger partial charge in [0.05, 0.1) is 21.2 Å². The summed E-state index contributed by atoms with van der Waals surface area (Å²) in [5, 5.41) is 2.98. The van der Waals surface area contributed by atoms with E-state index in [1.807, 2.05) is 0 Å². The van der Waals surface area contributed by atoms with E-state index < -0.39 is 28.0 Å². The molecule has 1 aliphatic rings. The Hall–Kier alpha value is -2.42. The molecule has 1 unspecified atom stereocenters. The number of sulfonamides is 1. The molecule has 2 aromatic rings. The fourth-order valence-corrected chi connectivity index (χ4v) is 5.63. The second-order valence-electron chi connectivity index (χ2n) is 8.52. The van der Waals surface area contributed by atoms with Crippen LogP contribution in [0.15, 0.2) is 41.3 Å². The Morgan fingerprint density at radius 3 is 2.42 bits per heavy atom. The monoisotopic (exact) mass is 492 g/mol. The fraction of sp³-hybridized carbons (Fsp3) is 0.417. The maximum absolute atomic E-state index is 13.3. The van der Waals surface area contributed by atoms with E-state index >= 15 is 0 Å². The Bertz CT molecular complexity index is 1160. The third-order valence-electron chi connectivity index (χ3n) is 6.00. The van der Waals surface area contributed by atoms with Crippen LogP contribution in [0.1, 0.15) is 48.2 Å². The first-order valence-corrected chi connectivity index (χ1v) is 12.7. The molecule has 1 fully saturated rings. The van der Waals surface area contributed by atoms with E-state index in [0.29, 0.717) is 40.8 Å². The van der Waals surface area contributed by atoms with E-state index in [4.69, 9.17) is 16.3 Å². The van der Waals surface area contributed by atoms with Crippen LogP contribution in [0.25, 0.3) is 0 Å².